The second kappa shape index (κ2) is 4.07. The summed E-state index contributed by atoms with van der Waals surface area (Å²) >= 11 is 0. The Kier molecular flexibility index (Phi) is 2.55. The van der Waals surface area contributed by atoms with E-state index in [-0.39, 0.29) is 0 Å². The molecule has 0 radical (unpaired) electrons. The van der Waals surface area contributed by atoms with E-state index in [1.807, 2.05) is 12.3 Å². The molecule has 2 aliphatic carbocycles. The van der Waals surface area contributed by atoms with Crippen LogP contribution < -0.4 is 0 Å². The first-order valence-corrected chi connectivity index (χ1v) is 6.51. The molecule has 0 saturated heterocycles. The molecule has 1 saturated carbocycles. The Balaban J connectivity index is 1.99. The van der Waals surface area contributed by atoms with Gasteiger partial charge in [0.25, 0.3) is 0 Å². The van der Waals surface area contributed by atoms with Gasteiger partial charge >= 0.3 is 0 Å². The van der Waals surface area contributed by atoms with Crippen LogP contribution in [0.3, 0.4) is 0 Å². The third-order valence-electron chi connectivity index (χ3n) is 4.21. The molecular weight excluding hydrogens is 210 g/mol. The fourth-order valence-corrected chi connectivity index (χ4v) is 3.17. The van der Waals surface area contributed by atoms with E-state index in [0.717, 1.165) is 17.8 Å². The number of fused-ring (bicyclic) bond motifs is 1. The molecule has 3 rings (SSSR count). The van der Waals surface area contributed by atoms with Gasteiger partial charge in [-0.15, -0.1) is 0 Å². The lowest BCUT2D eigenvalue weighted by molar-refractivity contribution is 0.539. The molecule has 1 aromatic rings. The summed E-state index contributed by atoms with van der Waals surface area (Å²) in [5.74, 6) is 1.97. The standard InChI is InChI=1S/C15H17NO/c1-10-6-13-14(11-4-2-3-5-11)9-17-15(13)7-12(10)8-16/h7,9-11H,2-6H2,1H3. The first-order valence-electron chi connectivity index (χ1n) is 6.51. The summed E-state index contributed by atoms with van der Waals surface area (Å²) in [4.78, 5) is 0. The minimum absolute atomic E-state index is 0.338. The highest BCUT2D eigenvalue weighted by Gasteiger charge is 2.28. The molecule has 17 heavy (non-hydrogen) atoms. The van der Waals surface area contributed by atoms with Gasteiger partial charge in [-0.1, -0.05) is 19.8 Å². The molecule has 88 valence electrons. The zero-order valence-electron chi connectivity index (χ0n) is 10.2. The summed E-state index contributed by atoms with van der Waals surface area (Å²) in [5.41, 5.74) is 3.63. The van der Waals surface area contributed by atoms with E-state index in [1.165, 1.54) is 36.8 Å². The summed E-state index contributed by atoms with van der Waals surface area (Å²) < 4.78 is 5.65. The number of furan rings is 1. The SMILES string of the molecule is CC1Cc2c(C3CCCC3)coc2C=C1C#N. The third-order valence-corrected chi connectivity index (χ3v) is 4.21. The average Bonchev–Trinajstić information content (AvgIpc) is 2.95. The van der Waals surface area contributed by atoms with Crippen molar-refractivity contribution in [2.75, 3.05) is 0 Å². The van der Waals surface area contributed by atoms with Crippen LogP contribution >= 0.6 is 0 Å². The largest absolute Gasteiger partial charge is 0.464 e. The summed E-state index contributed by atoms with van der Waals surface area (Å²) in [7, 11) is 0. The maximum absolute atomic E-state index is 9.05. The van der Waals surface area contributed by atoms with Crippen molar-refractivity contribution in [1.29, 1.82) is 5.26 Å². The Labute approximate surface area is 102 Å². The van der Waals surface area contributed by atoms with Crippen LogP contribution in [-0.2, 0) is 6.42 Å². The molecule has 0 N–H and O–H groups in total. The molecule has 2 nitrogen and oxygen atoms in total. The van der Waals surface area contributed by atoms with Crippen molar-refractivity contribution in [3.8, 4) is 6.07 Å². The van der Waals surface area contributed by atoms with Gasteiger partial charge in [0, 0.05) is 11.1 Å². The smallest absolute Gasteiger partial charge is 0.131 e. The van der Waals surface area contributed by atoms with E-state index in [1.54, 1.807) is 0 Å². The lowest BCUT2D eigenvalue weighted by Gasteiger charge is -2.18. The fraction of sp³-hybridized carbons (Fsp3) is 0.533. The van der Waals surface area contributed by atoms with Crippen molar-refractivity contribution in [2.24, 2.45) is 5.92 Å². The van der Waals surface area contributed by atoms with E-state index in [2.05, 4.69) is 13.0 Å². The zero-order chi connectivity index (χ0) is 11.8. The fourth-order valence-electron chi connectivity index (χ4n) is 3.17. The summed E-state index contributed by atoms with van der Waals surface area (Å²) in [6.45, 7) is 2.13. The maximum atomic E-state index is 9.05. The Bertz CT molecular complexity index is 497. The molecule has 0 spiro atoms. The van der Waals surface area contributed by atoms with Gasteiger partial charge in [0.05, 0.1) is 12.3 Å². The predicted molar refractivity (Wildman–Crippen MR) is 66.4 cm³/mol. The molecular formula is C15H17NO. The van der Waals surface area contributed by atoms with Crippen LogP contribution in [0, 0.1) is 17.2 Å². The van der Waals surface area contributed by atoms with Gasteiger partial charge in [0.15, 0.2) is 0 Å². The molecule has 1 heterocycles. The number of nitrogens with zero attached hydrogens (tertiary/aromatic N) is 1. The second-order valence-corrected chi connectivity index (χ2v) is 5.33. The normalized spacial score (nSPS) is 24.2. The molecule has 0 aromatic carbocycles. The van der Waals surface area contributed by atoms with Crippen LogP contribution in [0.15, 0.2) is 16.3 Å². The molecule has 1 atom stereocenters. The van der Waals surface area contributed by atoms with Crippen LogP contribution in [0.2, 0.25) is 0 Å². The van der Waals surface area contributed by atoms with Gasteiger partial charge in [0.1, 0.15) is 5.76 Å². The molecule has 2 aliphatic rings. The van der Waals surface area contributed by atoms with Gasteiger partial charge in [-0.05, 0) is 42.7 Å². The van der Waals surface area contributed by atoms with E-state index in [9.17, 15) is 0 Å². The molecule has 0 aliphatic heterocycles. The zero-order valence-corrected chi connectivity index (χ0v) is 10.2. The summed E-state index contributed by atoms with van der Waals surface area (Å²) in [5, 5.41) is 9.05. The molecule has 2 heteroatoms. The van der Waals surface area contributed by atoms with Crippen LogP contribution in [0.4, 0.5) is 0 Å². The van der Waals surface area contributed by atoms with Crippen LogP contribution in [-0.4, -0.2) is 0 Å². The van der Waals surface area contributed by atoms with Crippen LogP contribution in [0.5, 0.6) is 0 Å². The Morgan fingerprint density at radius 2 is 2.12 bits per heavy atom. The Morgan fingerprint density at radius 1 is 1.35 bits per heavy atom. The topological polar surface area (TPSA) is 36.9 Å². The van der Waals surface area contributed by atoms with Crippen molar-refractivity contribution >= 4 is 6.08 Å². The molecule has 1 fully saturated rings. The highest BCUT2D eigenvalue weighted by molar-refractivity contribution is 5.61. The predicted octanol–water partition coefficient (Wildman–Crippen LogP) is 4.04. The van der Waals surface area contributed by atoms with Crippen molar-refractivity contribution in [3.63, 3.8) is 0 Å². The number of nitriles is 1. The lowest BCUT2D eigenvalue weighted by Crippen LogP contribution is -2.09. The monoisotopic (exact) mass is 227 g/mol. The Morgan fingerprint density at radius 3 is 2.82 bits per heavy atom. The quantitative estimate of drug-likeness (QED) is 0.726. The second-order valence-electron chi connectivity index (χ2n) is 5.33. The number of hydrogen-bond donors (Lipinski definition) is 0. The van der Waals surface area contributed by atoms with Crippen molar-refractivity contribution in [3.05, 3.63) is 28.7 Å². The van der Waals surface area contributed by atoms with Gasteiger partial charge < -0.3 is 4.42 Å². The van der Waals surface area contributed by atoms with E-state index in [4.69, 9.17) is 9.68 Å². The van der Waals surface area contributed by atoms with Crippen molar-refractivity contribution < 1.29 is 4.42 Å². The van der Waals surface area contributed by atoms with Gasteiger partial charge in [0.2, 0.25) is 0 Å². The van der Waals surface area contributed by atoms with E-state index < -0.39 is 0 Å². The third kappa shape index (κ3) is 1.70. The van der Waals surface area contributed by atoms with Crippen molar-refractivity contribution in [2.45, 2.75) is 44.9 Å². The van der Waals surface area contributed by atoms with Crippen molar-refractivity contribution in [1.82, 2.24) is 0 Å². The number of hydrogen-bond acceptors (Lipinski definition) is 2. The average molecular weight is 227 g/mol. The van der Waals surface area contributed by atoms with Crippen LogP contribution in [0.25, 0.3) is 6.08 Å². The Hall–Kier alpha value is -1.49. The highest BCUT2D eigenvalue weighted by atomic mass is 16.3. The number of rotatable bonds is 1. The first-order chi connectivity index (χ1) is 8.29. The van der Waals surface area contributed by atoms with E-state index >= 15 is 0 Å². The van der Waals surface area contributed by atoms with Gasteiger partial charge in [-0.25, -0.2) is 0 Å². The highest BCUT2D eigenvalue weighted by Crippen LogP contribution is 2.41. The molecule has 0 bridgehead atoms. The van der Waals surface area contributed by atoms with Crippen LogP contribution in [0.1, 0.15) is 55.4 Å². The van der Waals surface area contributed by atoms with Gasteiger partial charge in [-0.2, -0.15) is 5.26 Å². The molecule has 1 aromatic heterocycles. The first kappa shape index (κ1) is 10.7. The number of allylic oxidation sites excluding steroid dienone is 1. The molecule has 0 amide bonds. The minimum atomic E-state index is 0.338. The minimum Gasteiger partial charge on any atom is -0.464 e. The van der Waals surface area contributed by atoms with Gasteiger partial charge in [-0.3, -0.25) is 0 Å². The summed E-state index contributed by atoms with van der Waals surface area (Å²) in [6, 6.07) is 2.27. The summed E-state index contributed by atoms with van der Waals surface area (Å²) in [6.07, 6.45) is 10.1. The molecule has 1 unspecified atom stereocenters. The maximum Gasteiger partial charge on any atom is 0.131 e. The lowest BCUT2D eigenvalue weighted by atomic mass is 9.84. The van der Waals surface area contributed by atoms with E-state index in [0.29, 0.717) is 11.8 Å².